The van der Waals surface area contributed by atoms with Crippen LogP contribution in [0.15, 0.2) is 23.1 Å². The largest absolute Gasteiger partial charge is 0.338 e. The lowest BCUT2D eigenvalue weighted by Crippen LogP contribution is -2.29. The van der Waals surface area contributed by atoms with E-state index in [-0.39, 0.29) is 10.8 Å². The lowest BCUT2D eigenvalue weighted by Gasteiger charge is -2.17. The van der Waals surface area contributed by atoms with E-state index in [4.69, 9.17) is 5.14 Å². The number of aryl methyl sites for hydroxylation is 1. The molecule has 6 heteroatoms. The molecule has 1 atom stereocenters. The Morgan fingerprint density at radius 2 is 2.14 bits per heavy atom. The molecule has 0 saturated carbocycles. The second-order valence-corrected chi connectivity index (χ2v) is 7.25. The molecule has 116 valence electrons. The van der Waals surface area contributed by atoms with Gasteiger partial charge in [0.05, 0.1) is 4.90 Å². The molecule has 1 aliphatic rings. The molecule has 1 heterocycles. The number of carbonyl (C=O) groups is 1. The number of likely N-dealkylation sites (tertiary alicyclic amines) is 1. The van der Waals surface area contributed by atoms with Crippen LogP contribution in [0.25, 0.3) is 0 Å². The van der Waals surface area contributed by atoms with Gasteiger partial charge in [-0.05, 0) is 43.4 Å². The molecule has 2 N–H and O–H groups in total. The number of rotatable bonds is 4. The molecule has 1 fully saturated rings. The zero-order valence-corrected chi connectivity index (χ0v) is 13.3. The van der Waals surface area contributed by atoms with Crippen molar-refractivity contribution >= 4 is 15.9 Å². The van der Waals surface area contributed by atoms with Crippen LogP contribution in [0.1, 0.15) is 42.1 Å². The number of nitrogens with zero attached hydrogens (tertiary/aromatic N) is 1. The van der Waals surface area contributed by atoms with Gasteiger partial charge >= 0.3 is 0 Å². The molecule has 5 nitrogen and oxygen atoms in total. The molecular formula is C15H22N2O3S. The molecule has 2 rings (SSSR count). The summed E-state index contributed by atoms with van der Waals surface area (Å²) >= 11 is 0. The van der Waals surface area contributed by atoms with Crippen molar-refractivity contribution in [3.8, 4) is 0 Å². The minimum absolute atomic E-state index is 0.0256. The smallest absolute Gasteiger partial charge is 0.253 e. The number of carbonyl (C=O) groups excluding carboxylic acids is 1. The van der Waals surface area contributed by atoms with E-state index in [1.54, 1.807) is 24.0 Å². The van der Waals surface area contributed by atoms with Crippen molar-refractivity contribution < 1.29 is 13.2 Å². The summed E-state index contributed by atoms with van der Waals surface area (Å²) in [6.45, 7) is 5.30. The molecule has 1 unspecified atom stereocenters. The first kappa shape index (κ1) is 16.0. The Balaban J connectivity index is 2.21. The highest BCUT2D eigenvalue weighted by atomic mass is 32.2. The first-order valence-electron chi connectivity index (χ1n) is 7.25. The summed E-state index contributed by atoms with van der Waals surface area (Å²) in [5.74, 6) is 0.445. The summed E-state index contributed by atoms with van der Waals surface area (Å²) in [6, 6.07) is 4.69. The van der Waals surface area contributed by atoms with Crippen molar-refractivity contribution in [2.45, 2.75) is 38.0 Å². The van der Waals surface area contributed by atoms with Gasteiger partial charge in [0.15, 0.2) is 0 Å². The SMILES string of the molecule is CCCC1CCN(C(=O)c2ccc(C)c(S(N)(=O)=O)c2)C1. The molecule has 1 aromatic rings. The summed E-state index contributed by atoms with van der Waals surface area (Å²) in [4.78, 5) is 14.3. The normalized spacial score (nSPS) is 19.0. The van der Waals surface area contributed by atoms with Crippen molar-refractivity contribution in [2.24, 2.45) is 11.1 Å². The van der Waals surface area contributed by atoms with E-state index in [1.807, 2.05) is 0 Å². The third-order valence-corrected chi connectivity index (χ3v) is 5.06. The standard InChI is InChI=1S/C15H22N2O3S/c1-3-4-12-7-8-17(10-12)15(18)13-6-5-11(2)14(9-13)21(16,19)20/h5-6,9,12H,3-4,7-8,10H2,1-2H3,(H2,16,19,20). The second-order valence-electron chi connectivity index (χ2n) is 5.72. The van der Waals surface area contributed by atoms with Gasteiger partial charge in [0.2, 0.25) is 10.0 Å². The quantitative estimate of drug-likeness (QED) is 0.922. The molecule has 0 radical (unpaired) electrons. The Morgan fingerprint density at radius 3 is 2.76 bits per heavy atom. The first-order chi connectivity index (χ1) is 9.82. The minimum atomic E-state index is -3.80. The van der Waals surface area contributed by atoms with E-state index in [2.05, 4.69) is 6.92 Å². The van der Waals surface area contributed by atoms with Crippen LogP contribution in [0.2, 0.25) is 0 Å². The number of hydrogen-bond donors (Lipinski definition) is 1. The predicted molar refractivity (Wildman–Crippen MR) is 81.5 cm³/mol. The molecule has 0 bridgehead atoms. The number of primary sulfonamides is 1. The average Bonchev–Trinajstić information content (AvgIpc) is 2.86. The topological polar surface area (TPSA) is 80.5 Å². The van der Waals surface area contributed by atoms with E-state index >= 15 is 0 Å². The summed E-state index contributed by atoms with van der Waals surface area (Å²) in [7, 11) is -3.80. The lowest BCUT2D eigenvalue weighted by molar-refractivity contribution is 0.0786. The van der Waals surface area contributed by atoms with Crippen LogP contribution in [0.4, 0.5) is 0 Å². The fourth-order valence-electron chi connectivity index (χ4n) is 2.88. The number of hydrogen-bond acceptors (Lipinski definition) is 3. The van der Waals surface area contributed by atoms with E-state index < -0.39 is 10.0 Å². The maximum atomic E-state index is 12.5. The van der Waals surface area contributed by atoms with Crippen LogP contribution in [0.5, 0.6) is 0 Å². The molecule has 1 aliphatic heterocycles. The summed E-state index contributed by atoms with van der Waals surface area (Å²) in [5, 5.41) is 5.19. The van der Waals surface area contributed by atoms with E-state index in [9.17, 15) is 13.2 Å². The maximum absolute atomic E-state index is 12.5. The molecule has 1 saturated heterocycles. The molecule has 0 aliphatic carbocycles. The van der Waals surface area contributed by atoms with Crippen molar-refractivity contribution in [3.63, 3.8) is 0 Å². The third-order valence-electron chi connectivity index (χ3n) is 4.01. The van der Waals surface area contributed by atoms with Crippen molar-refractivity contribution in [1.29, 1.82) is 0 Å². The van der Waals surface area contributed by atoms with Gasteiger partial charge in [-0.15, -0.1) is 0 Å². The Hall–Kier alpha value is -1.40. The van der Waals surface area contributed by atoms with Gasteiger partial charge in [0, 0.05) is 18.7 Å². The highest BCUT2D eigenvalue weighted by Gasteiger charge is 2.27. The van der Waals surface area contributed by atoms with Crippen molar-refractivity contribution in [3.05, 3.63) is 29.3 Å². The van der Waals surface area contributed by atoms with Crippen LogP contribution in [0.3, 0.4) is 0 Å². The van der Waals surface area contributed by atoms with Gasteiger partial charge in [0.25, 0.3) is 5.91 Å². The van der Waals surface area contributed by atoms with Crippen LogP contribution in [0, 0.1) is 12.8 Å². The van der Waals surface area contributed by atoms with Gasteiger partial charge < -0.3 is 4.90 Å². The van der Waals surface area contributed by atoms with Crippen molar-refractivity contribution in [1.82, 2.24) is 4.90 Å². The number of nitrogens with two attached hydrogens (primary N) is 1. The van der Waals surface area contributed by atoms with Gasteiger partial charge in [-0.1, -0.05) is 19.4 Å². The second kappa shape index (κ2) is 6.15. The monoisotopic (exact) mass is 310 g/mol. The van der Waals surface area contributed by atoms with Crippen LogP contribution in [-0.2, 0) is 10.0 Å². The molecule has 0 spiro atoms. The van der Waals surface area contributed by atoms with E-state index in [1.165, 1.54) is 6.07 Å². The zero-order valence-electron chi connectivity index (χ0n) is 12.5. The Bertz CT molecular complexity index is 640. The van der Waals surface area contributed by atoms with Gasteiger partial charge in [0.1, 0.15) is 0 Å². The molecule has 1 aromatic carbocycles. The Kier molecular flexibility index (Phi) is 4.68. The summed E-state index contributed by atoms with van der Waals surface area (Å²) in [6.07, 6.45) is 3.26. The average molecular weight is 310 g/mol. The molecular weight excluding hydrogens is 288 g/mol. The third kappa shape index (κ3) is 3.63. The first-order valence-corrected chi connectivity index (χ1v) is 8.80. The molecule has 1 amide bonds. The van der Waals surface area contributed by atoms with E-state index in [0.717, 1.165) is 32.4 Å². The highest BCUT2D eigenvalue weighted by Crippen LogP contribution is 2.24. The predicted octanol–water partition coefficient (Wildman–Crippen LogP) is 1.90. The van der Waals surface area contributed by atoms with Crippen molar-refractivity contribution in [2.75, 3.05) is 13.1 Å². The molecule has 21 heavy (non-hydrogen) atoms. The fourth-order valence-corrected chi connectivity index (χ4v) is 3.69. The maximum Gasteiger partial charge on any atom is 0.253 e. The summed E-state index contributed by atoms with van der Waals surface area (Å²) < 4.78 is 23.1. The fraction of sp³-hybridized carbons (Fsp3) is 0.533. The van der Waals surface area contributed by atoms with Gasteiger partial charge in [-0.3, -0.25) is 4.79 Å². The highest BCUT2D eigenvalue weighted by molar-refractivity contribution is 7.89. The van der Waals surface area contributed by atoms with Gasteiger partial charge in [-0.25, -0.2) is 13.6 Å². The van der Waals surface area contributed by atoms with Crippen LogP contribution < -0.4 is 5.14 Å². The summed E-state index contributed by atoms with van der Waals surface area (Å²) in [5.41, 5.74) is 0.945. The van der Waals surface area contributed by atoms with Crippen LogP contribution in [-0.4, -0.2) is 32.3 Å². The van der Waals surface area contributed by atoms with Crippen LogP contribution >= 0.6 is 0 Å². The zero-order chi connectivity index (χ0) is 15.6. The Morgan fingerprint density at radius 1 is 1.43 bits per heavy atom. The number of sulfonamides is 1. The number of benzene rings is 1. The number of amides is 1. The molecule has 0 aromatic heterocycles. The van der Waals surface area contributed by atoms with Gasteiger partial charge in [-0.2, -0.15) is 0 Å². The Labute approximate surface area is 126 Å². The van der Waals surface area contributed by atoms with E-state index in [0.29, 0.717) is 17.0 Å². The minimum Gasteiger partial charge on any atom is -0.338 e. The lowest BCUT2D eigenvalue weighted by atomic mass is 10.0.